The summed E-state index contributed by atoms with van der Waals surface area (Å²) in [7, 11) is 1.68. The Morgan fingerprint density at radius 1 is 1.53 bits per heavy atom. The number of rotatable bonds is 5. The maximum Gasteiger partial charge on any atom is 0.303 e. The van der Waals surface area contributed by atoms with Gasteiger partial charge in [-0.15, -0.1) is 0 Å². The second kappa shape index (κ2) is 5.21. The second-order valence-corrected chi connectivity index (χ2v) is 4.59. The Bertz CT molecular complexity index is 412. The van der Waals surface area contributed by atoms with Crippen LogP contribution in [0.4, 0.5) is 0 Å². The number of carboxylic acids is 1. The Kier molecular flexibility index (Phi) is 3.67. The highest BCUT2D eigenvalue weighted by Gasteiger charge is 2.22. The van der Waals surface area contributed by atoms with Crippen LogP contribution in [0.15, 0.2) is 18.2 Å². The van der Waals surface area contributed by atoms with Crippen molar-refractivity contribution in [2.24, 2.45) is 0 Å². The fraction of sp³-hybridized carbons (Fsp3) is 0.500. The van der Waals surface area contributed by atoms with Gasteiger partial charge in [-0.25, -0.2) is 0 Å². The normalized spacial score (nSPS) is 17.8. The molecule has 1 aliphatic carbocycles. The average Bonchev–Trinajstić information content (AvgIpc) is 2.71. The molecule has 0 aliphatic heterocycles. The highest BCUT2D eigenvalue weighted by Crippen LogP contribution is 2.38. The van der Waals surface area contributed by atoms with Crippen LogP contribution < -0.4 is 4.74 Å². The number of carbonyl (C=O) groups is 1. The van der Waals surface area contributed by atoms with Gasteiger partial charge in [0, 0.05) is 6.42 Å². The largest absolute Gasteiger partial charge is 0.497 e. The van der Waals surface area contributed by atoms with E-state index in [1.165, 1.54) is 11.1 Å². The van der Waals surface area contributed by atoms with Crippen molar-refractivity contribution in [1.29, 1.82) is 0 Å². The smallest absolute Gasteiger partial charge is 0.303 e. The van der Waals surface area contributed by atoms with Crippen molar-refractivity contribution in [1.82, 2.24) is 0 Å². The monoisotopic (exact) mass is 234 g/mol. The van der Waals surface area contributed by atoms with Crippen LogP contribution in [0.3, 0.4) is 0 Å². The van der Waals surface area contributed by atoms with Crippen LogP contribution in [0.1, 0.15) is 42.7 Å². The molecule has 0 saturated heterocycles. The summed E-state index contributed by atoms with van der Waals surface area (Å²) in [6.45, 7) is 0. The third-order valence-corrected chi connectivity index (χ3v) is 3.50. The van der Waals surface area contributed by atoms with Crippen LogP contribution in [-0.2, 0) is 11.2 Å². The molecule has 0 unspecified atom stereocenters. The third kappa shape index (κ3) is 2.78. The van der Waals surface area contributed by atoms with Crippen molar-refractivity contribution in [3.63, 3.8) is 0 Å². The Morgan fingerprint density at radius 2 is 2.35 bits per heavy atom. The van der Waals surface area contributed by atoms with Gasteiger partial charge in [0.1, 0.15) is 5.75 Å². The minimum Gasteiger partial charge on any atom is -0.497 e. The number of hydrogen-bond donors (Lipinski definition) is 1. The molecule has 3 heteroatoms. The molecule has 0 heterocycles. The molecule has 2 rings (SSSR count). The molecular formula is C14H18O3. The first-order valence-electron chi connectivity index (χ1n) is 6.09. The SMILES string of the molecule is COc1ccc2c(c1)CC[C@@H]2CCCC(=O)O. The van der Waals surface area contributed by atoms with Crippen molar-refractivity contribution in [3.8, 4) is 5.75 Å². The van der Waals surface area contributed by atoms with Gasteiger partial charge in [0.2, 0.25) is 0 Å². The summed E-state index contributed by atoms with van der Waals surface area (Å²) in [4.78, 5) is 10.5. The molecule has 0 fully saturated rings. The maximum absolute atomic E-state index is 10.5. The third-order valence-electron chi connectivity index (χ3n) is 3.50. The van der Waals surface area contributed by atoms with Crippen LogP contribution in [0.25, 0.3) is 0 Å². The van der Waals surface area contributed by atoms with Crippen LogP contribution in [0.5, 0.6) is 5.75 Å². The number of carboxylic acid groups (broad SMARTS) is 1. The second-order valence-electron chi connectivity index (χ2n) is 4.59. The Morgan fingerprint density at radius 3 is 3.06 bits per heavy atom. The van der Waals surface area contributed by atoms with E-state index >= 15 is 0 Å². The number of aliphatic carboxylic acids is 1. The predicted molar refractivity (Wildman–Crippen MR) is 65.5 cm³/mol. The molecule has 1 aromatic carbocycles. The lowest BCUT2D eigenvalue weighted by molar-refractivity contribution is -0.137. The van der Waals surface area contributed by atoms with Gasteiger partial charge in [0.05, 0.1) is 7.11 Å². The van der Waals surface area contributed by atoms with Gasteiger partial charge in [0.25, 0.3) is 0 Å². The zero-order chi connectivity index (χ0) is 12.3. The Balaban J connectivity index is 1.99. The molecule has 17 heavy (non-hydrogen) atoms. The fourth-order valence-electron chi connectivity index (χ4n) is 2.61. The fourth-order valence-corrected chi connectivity index (χ4v) is 2.61. The molecule has 0 spiro atoms. The van der Waals surface area contributed by atoms with E-state index in [9.17, 15) is 4.79 Å². The number of fused-ring (bicyclic) bond motifs is 1. The zero-order valence-corrected chi connectivity index (χ0v) is 10.1. The first-order valence-corrected chi connectivity index (χ1v) is 6.09. The summed E-state index contributed by atoms with van der Waals surface area (Å²) in [6.07, 6.45) is 4.26. The van der Waals surface area contributed by atoms with Gasteiger partial charge in [0.15, 0.2) is 0 Å². The first-order chi connectivity index (χ1) is 8.20. The Labute approximate surface area is 101 Å². The summed E-state index contributed by atoms with van der Waals surface area (Å²) >= 11 is 0. The highest BCUT2D eigenvalue weighted by molar-refractivity contribution is 5.66. The number of ether oxygens (including phenoxy) is 1. The summed E-state index contributed by atoms with van der Waals surface area (Å²) in [6, 6.07) is 6.23. The van der Waals surface area contributed by atoms with Crippen LogP contribution in [-0.4, -0.2) is 18.2 Å². The molecule has 0 amide bonds. The molecule has 1 aliphatic rings. The first kappa shape index (κ1) is 12.0. The molecule has 1 aromatic rings. The topological polar surface area (TPSA) is 46.5 Å². The standard InChI is InChI=1S/C14H18O3/c1-17-12-7-8-13-10(3-2-4-14(15)16)5-6-11(13)9-12/h7-10H,2-6H2,1H3,(H,15,16)/t10-/m0/s1. The quantitative estimate of drug-likeness (QED) is 0.852. The van der Waals surface area contributed by atoms with Crippen LogP contribution >= 0.6 is 0 Å². The Hall–Kier alpha value is -1.51. The predicted octanol–water partition coefficient (Wildman–Crippen LogP) is 2.98. The average molecular weight is 234 g/mol. The van der Waals surface area contributed by atoms with E-state index in [-0.39, 0.29) is 6.42 Å². The molecule has 1 N–H and O–H groups in total. The van der Waals surface area contributed by atoms with Crippen LogP contribution in [0, 0.1) is 0 Å². The molecule has 1 atom stereocenters. The zero-order valence-electron chi connectivity index (χ0n) is 10.1. The molecule has 0 aromatic heterocycles. The molecule has 0 bridgehead atoms. The van der Waals surface area contributed by atoms with E-state index < -0.39 is 5.97 Å². The summed E-state index contributed by atoms with van der Waals surface area (Å²) in [5, 5.41) is 8.63. The molecule has 0 saturated carbocycles. The summed E-state index contributed by atoms with van der Waals surface area (Å²) < 4.78 is 5.21. The van der Waals surface area contributed by atoms with Gasteiger partial charge >= 0.3 is 5.97 Å². The molecule has 3 nitrogen and oxygen atoms in total. The maximum atomic E-state index is 10.5. The van der Waals surface area contributed by atoms with Crippen LogP contribution in [0.2, 0.25) is 0 Å². The van der Waals surface area contributed by atoms with Crippen molar-refractivity contribution in [3.05, 3.63) is 29.3 Å². The lowest BCUT2D eigenvalue weighted by atomic mass is 9.95. The lowest BCUT2D eigenvalue weighted by Crippen LogP contribution is -1.98. The van der Waals surface area contributed by atoms with Crippen molar-refractivity contribution < 1.29 is 14.6 Å². The van der Waals surface area contributed by atoms with E-state index in [0.717, 1.165) is 31.4 Å². The van der Waals surface area contributed by atoms with E-state index in [4.69, 9.17) is 9.84 Å². The van der Waals surface area contributed by atoms with Crippen molar-refractivity contribution >= 4 is 5.97 Å². The minimum atomic E-state index is -0.696. The number of hydrogen-bond acceptors (Lipinski definition) is 2. The van der Waals surface area contributed by atoms with E-state index in [1.54, 1.807) is 7.11 Å². The van der Waals surface area contributed by atoms with E-state index in [2.05, 4.69) is 12.1 Å². The van der Waals surface area contributed by atoms with Gasteiger partial charge < -0.3 is 9.84 Å². The van der Waals surface area contributed by atoms with Crippen molar-refractivity contribution in [2.75, 3.05) is 7.11 Å². The molecular weight excluding hydrogens is 216 g/mol. The van der Waals surface area contributed by atoms with E-state index in [1.807, 2.05) is 6.07 Å². The van der Waals surface area contributed by atoms with Gasteiger partial charge in [-0.1, -0.05) is 6.07 Å². The minimum absolute atomic E-state index is 0.280. The van der Waals surface area contributed by atoms with Crippen molar-refractivity contribution in [2.45, 2.75) is 38.0 Å². The van der Waals surface area contributed by atoms with Gasteiger partial charge in [-0.2, -0.15) is 0 Å². The molecule has 0 radical (unpaired) electrons. The summed E-state index contributed by atoms with van der Waals surface area (Å²) in [5.41, 5.74) is 2.75. The highest BCUT2D eigenvalue weighted by atomic mass is 16.5. The number of methoxy groups -OCH3 is 1. The van der Waals surface area contributed by atoms with E-state index in [0.29, 0.717) is 5.92 Å². The molecule has 92 valence electrons. The van der Waals surface area contributed by atoms with Gasteiger partial charge in [-0.3, -0.25) is 4.79 Å². The number of aryl methyl sites for hydroxylation is 1. The van der Waals surface area contributed by atoms with Gasteiger partial charge in [-0.05, 0) is 54.9 Å². The number of benzene rings is 1. The summed E-state index contributed by atoms with van der Waals surface area (Å²) in [5.74, 6) is 0.753. The lowest BCUT2D eigenvalue weighted by Gasteiger charge is -2.11.